The Morgan fingerprint density at radius 3 is 2.55 bits per heavy atom. The van der Waals surface area contributed by atoms with Crippen LogP contribution in [0.25, 0.3) is 0 Å². The van der Waals surface area contributed by atoms with E-state index in [1.54, 1.807) is 0 Å². The number of urea groups is 1. The standard InChI is InChI=1S/C7H12N2O2/c1-3-4(2)5-6(10)9-7(11)8-5/h4-5H,3H2,1-2H3,(H2,8,9,10,11)/t4-,5?/m1/s1. The van der Waals surface area contributed by atoms with Gasteiger partial charge < -0.3 is 5.32 Å². The molecule has 0 aromatic heterocycles. The molecular weight excluding hydrogens is 144 g/mol. The second kappa shape index (κ2) is 2.90. The van der Waals surface area contributed by atoms with Crippen LogP contribution in [0, 0.1) is 5.92 Å². The first-order chi connectivity index (χ1) is 5.15. The summed E-state index contributed by atoms with van der Waals surface area (Å²) in [6.45, 7) is 3.93. The molecule has 4 nitrogen and oxygen atoms in total. The topological polar surface area (TPSA) is 58.2 Å². The van der Waals surface area contributed by atoms with Crippen LogP contribution < -0.4 is 10.6 Å². The molecule has 1 saturated heterocycles. The smallest absolute Gasteiger partial charge is 0.322 e. The molecule has 0 saturated carbocycles. The Kier molecular flexibility index (Phi) is 2.12. The van der Waals surface area contributed by atoms with Crippen LogP contribution >= 0.6 is 0 Å². The fourth-order valence-electron chi connectivity index (χ4n) is 1.07. The lowest BCUT2D eigenvalue weighted by Crippen LogP contribution is -2.35. The Morgan fingerprint density at radius 2 is 2.18 bits per heavy atom. The molecule has 0 aliphatic carbocycles. The highest BCUT2D eigenvalue weighted by Gasteiger charge is 2.32. The number of hydrogen-bond donors (Lipinski definition) is 2. The number of carbonyl (C=O) groups excluding carboxylic acids is 2. The number of carbonyl (C=O) groups is 2. The van der Waals surface area contributed by atoms with Crippen molar-refractivity contribution in [3.63, 3.8) is 0 Å². The van der Waals surface area contributed by atoms with E-state index in [9.17, 15) is 9.59 Å². The number of amides is 3. The number of nitrogens with one attached hydrogen (secondary N) is 2. The van der Waals surface area contributed by atoms with Crippen molar-refractivity contribution in [3.05, 3.63) is 0 Å². The van der Waals surface area contributed by atoms with Gasteiger partial charge in [0.15, 0.2) is 0 Å². The monoisotopic (exact) mass is 156 g/mol. The zero-order chi connectivity index (χ0) is 8.43. The Hall–Kier alpha value is -1.06. The van der Waals surface area contributed by atoms with Gasteiger partial charge in [-0.15, -0.1) is 0 Å². The molecule has 1 rings (SSSR count). The number of rotatable bonds is 2. The van der Waals surface area contributed by atoms with Crippen LogP contribution in [0.3, 0.4) is 0 Å². The molecule has 1 heterocycles. The van der Waals surface area contributed by atoms with Gasteiger partial charge in [0.2, 0.25) is 0 Å². The van der Waals surface area contributed by atoms with E-state index < -0.39 is 0 Å². The molecule has 4 heteroatoms. The maximum atomic E-state index is 11.0. The van der Waals surface area contributed by atoms with Crippen LogP contribution in [0.15, 0.2) is 0 Å². The van der Waals surface area contributed by atoms with Crippen LogP contribution in [0.5, 0.6) is 0 Å². The van der Waals surface area contributed by atoms with Gasteiger partial charge in [0.25, 0.3) is 5.91 Å². The Bertz CT molecular complexity index is 191. The maximum absolute atomic E-state index is 11.0. The van der Waals surface area contributed by atoms with Gasteiger partial charge in [-0.05, 0) is 5.92 Å². The average Bonchev–Trinajstić information content (AvgIpc) is 2.28. The van der Waals surface area contributed by atoms with E-state index >= 15 is 0 Å². The first kappa shape index (κ1) is 8.04. The summed E-state index contributed by atoms with van der Waals surface area (Å²) in [6, 6.07) is -0.701. The maximum Gasteiger partial charge on any atom is 0.322 e. The lowest BCUT2D eigenvalue weighted by atomic mass is 10.00. The second-order valence-corrected chi connectivity index (χ2v) is 2.83. The van der Waals surface area contributed by atoms with E-state index in [0.717, 1.165) is 6.42 Å². The first-order valence-electron chi connectivity index (χ1n) is 3.76. The van der Waals surface area contributed by atoms with E-state index in [1.807, 2.05) is 13.8 Å². The Balaban J connectivity index is 2.59. The summed E-state index contributed by atoms with van der Waals surface area (Å²) in [5.41, 5.74) is 0. The highest BCUT2D eigenvalue weighted by atomic mass is 16.2. The third-order valence-electron chi connectivity index (χ3n) is 2.02. The minimum absolute atomic E-state index is 0.204. The van der Waals surface area contributed by atoms with Gasteiger partial charge in [0, 0.05) is 0 Å². The fourth-order valence-corrected chi connectivity index (χ4v) is 1.07. The fraction of sp³-hybridized carbons (Fsp3) is 0.714. The molecule has 3 amide bonds. The zero-order valence-electron chi connectivity index (χ0n) is 6.68. The van der Waals surface area contributed by atoms with E-state index in [0.29, 0.717) is 0 Å². The molecule has 0 bridgehead atoms. The third kappa shape index (κ3) is 1.50. The van der Waals surface area contributed by atoms with Gasteiger partial charge in [-0.2, -0.15) is 0 Å². The summed E-state index contributed by atoms with van der Waals surface area (Å²) in [5, 5.41) is 4.75. The summed E-state index contributed by atoms with van der Waals surface area (Å²) in [7, 11) is 0. The van der Waals surface area contributed by atoms with Crippen molar-refractivity contribution in [2.45, 2.75) is 26.3 Å². The van der Waals surface area contributed by atoms with E-state index in [1.165, 1.54) is 0 Å². The SMILES string of the molecule is CC[C@@H](C)C1NC(=O)NC1=O. The molecule has 0 aromatic carbocycles. The summed E-state index contributed by atoms with van der Waals surface area (Å²) >= 11 is 0. The highest BCUT2D eigenvalue weighted by Crippen LogP contribution is 2.10. The molecular formula is C7H12N2O2. The van der Waals surface area contributed by atoms with Crippen molar-refractivity contribution in [1.82, 2.24) is 10.6 Å². The van der Waals surface area contributed by atoms with Crippen molar-refractivity contribution < 1.29 is 9.59 Å². The normalized spacial score (nSPS) is 26.2. The van der Waals surface area contributed by atoms with Crippen molar-refractivity contribution in [2.24, 2.45) is 5.92 Å². The van der Waals surface area contributed by atoms with Gasteiger partial charge in [0.05, 0.1) is 0 Å². The average molecular weight is 156 g/mol. The first-order valence-corrected chi connectivity index (χ1v) is 3.76. The second-order valence-electron chi connectivity index (χ2n) is 2.83. The van der Waals surface area contributed by atoms with Crippen molar-refractivity contribution in [3.8, 4) is 0 Å². The van der Waals surface area contributed by atoms with Gasteiger partial charge in [-0.3, -0.25) is 10.1 Å². The predicted molar refractivity (Wildman–Crippen MR) is 39.9 cm³/mol. The van der Waals surface area contributed by atoms with Gasteiger partial charge in [0.1, 0.15) is 6.04 Å². The molecule has 1 aliphatic heterocycles. The largest absolute Gasteiger partial charge is 0.326 e. The molecule has 0 radical (unpaired) electrons. The molecule has 0 spiro atoms. The summed E-state index contributed by atoms with van der Waals surface area (Å²) in [5.74, 6) is 0.00537. The molecule has 2 N–H and O–H groups in total. The summed E-state index contributed by atoms with van der Waals surface area (Å²) in [4.78, 5) is 21.6. The van der Waals surface area contributed by atoms with Crippen molar-refractivity contribution in [2.75, 3.05) is 0 Å². The van der Waals surface area contributed by atoms with Crippen LogP contribution in [0.2, 0.25) is 0 Å². The lowest BCUT2D eigenvalue weighted by molar-refractivity contribution is -0.121. The van der Waals surface area contributed by atoms with Gasteiger partial charge in [-0.1, -0.05) is 20.3 Å². The molecule has 0 aromatic rings. The van der Waals surface area contributed by atoms with E-state index in [-0.39, 0.29) is 23.9 Å². The van der Waals surface area contributed by atoms with Crippen LogP contribution in [0.1, 0.15) is 20.3 Å². The van der Waals surface area contributed by atoms with Gasteiger partial charge in [-0.25, -0.2) is 4.79 Å². The molecule has 11 heavy (non-hydrogen) atoms. The Labute approximate surface area is 65.3 Å². The van der Waals surface area contributed by atoms with Crippen LogP contribution in [-0.2, 0) is 4.79 Å². The molecule has 1 aliphatic rings. The molecule has 2 atom stereocenters. The summed E-state index contributed by atoms with van der Waals surface area (Å²) < 4.78 is 0. The van der Waals surface area contributed by atoms with Crippen LogP contribution in [-0.4, -0.2) is 18.0 Å². The summed E-state index contributed by atoms with van der Waals surface area (Å²) in [6.07, 6.45) is 0.887. The third-order valence-corrected chi connectivity index (χ3v) is 2.02. The zero-order valence-corrected chi connectivity index (χ0v) is 6.68. The lowest BCUT2D eigenvalue weighted by Gasteiger charge is -2.13. The van der Waals surface area contributed by atoms with E-state index in [2.05, 4.69) is 10.6 Å². The quantitative estimate of drug-likeness (QED) is 0.563. The highest BCUT2D eigenvalue weighted by molar-refractivity contribution is 6.04. The van der Waals surface area contributed by atoms with Crippen molar-refractivity contribution >= 4 is 11.9 Å². The minimum atomic E-state index is -0.375. The minimum Gasteiger partial charge on any atom is -0.326 e. The Morgan fingerprint density at radius 1 is 1.55 bits per heavy atom. The van der Waals surface area contributed by atoms with E-state index in [4.69, 9.17) is 0 Å². The van der Waals surface area contributed by atoms with Crippen molar-refractivity contribution in [1.29, 1.82) is 0 Å². The molecule has 1 unspecified atom stereocenters. The molecule has 1 fully saturated rings. The number of imide groups is 1. The number of hydrogen-bond acceptors (Lipinski definition) is 2. The predicted octanol–water partition coefficient (Wildman–Crippen LogP) is 0.241. The van der Waals surface area contributed by atoms with Crippen LogP contribution in [0.4, 0.5) is 4.79 Å². The molecule has 62 valence electrons. The van der Waals surface area contributed by atoms with Gasteiger partial charge >= 0.3 is 6.03 Å².